The second-order valence-corrected chi connectivity index (χ2v) is 8.56. The minimum Gasteiger partial charge on any atom is -0.349 e. The molecule has 3 nitrogen and oxygen atoms in total. The Morgan fingerprint density at radius 3 is 2.88 bits per heavy atom. The molecule has 0 spiro atoms. The van der Waals surface area contributed by atoms with E-state index in [4.69, 9.17) is 0 Å². The summed E-state index contributed by atoms with van der Waals surface area (Å²) in [5.74, 6) is 1.43. The molecule has 1 amide bonds. The van der Waals surface area contributed by atoms with Gasteiger partial charge in [-0.15, -0.1) is 23.1 Å². The number of benzene rings is 1. The molecule has 2 aromatic rings. The molecule has 1 fully saturated rings. The maximum absolute atomic E-state index is 12.8. The van der Waals surface area contributed by atoms with E-state index in [1.165, 1.54) is 19.3 Å². The summed E-state index contributed by atoms with van der Waals surface area (Å²) in [6.07, 6.45) is 4.81. The fourth-order valence-electron chi connectivity index (χ4n) is 3.18. The van der Waals surface area contributed by atoms with Crippen molar-refractivity contribution in [2.45, 2.75) is 56.2 Å². The molecule has 1 aromatic carbocycles. The quantitative estimate of drug-likeness (QED) is 0.759. The Labute approximate surface area is 152 Å². The Morgan fingerprint density at radius 2 is 2.12 bits per heavy atom. The molecular weight excluding hydrogens is 336 g/mol. The summed E-state index contributed by atoms with van der Waals surface area (Å²) in [5, 5.41) is 6.44. The normalized spacial score (nSPS) is 20.8. The average molecular weight is 361 g/mol. The smallest absolute Gasteiger partial charge is 0.252 e. The number of thioether (sulfide) groups is 1. The zero-order chi connectivity index (χ0) is 16.9. The summed E-state index contributed by atoms with van der Waals surface area (Å²) in [4.78, 5) is 18.3. The predicted octanol–water partition coefficient (Wildman–Crippen LogP) is 5.05. The standard InChI is InChI=1S/C19H24N2OS2/c1-13-7-3-5-9-17(13)21-19(22)16-8-4-6-10-18(16)24-12-15-11-23-14(2)20-15/h4,6,8,10-11,13,17H,3,5,7,9,12H2,1-2H3,(H,21,22). The Hall–Kier alpha value is -1.33. The molecule has 1 aliphatic rings. The maximum atomic E-state index is 12.8. The summed E-state index contributed by atoms with van der Waals surface area (Å²) in [6, 6.07) is 8.20. The lowest BCUT2D eigenvalue weighted by Gasteiger charge is -2.29. The lowest BCUT2D eigenvalue weighted by molar-refractivity contribution is 0.0907. The van der Waals surface area contributed by atoms with Crippen molar-refractivity contribution in [3.05, 3.63) is 45.9 Å². The van der Waals surface area contributed by atoms with E-state index in [1.807, 2.05) is 31.2 Å². The van der Waals surface area contributed by atoms with Crippen LogP contribution < -0.4 is 5.32 Å². The van der Waals surface area contributed by atoms with Gasteiger partial charge in [-0.05, 0) is 37.8 Å². The Kier molecular flexibility index (Phi) is 5.95. The minimum absolute atomic E-state index is 0.0614. The second kappa shape index (κ2) is 8.17. The van der Waals surface area contributed by atoms with Gasteiger partial charge in [0.05, 0.1) is 16.3 Å². The molecule has 0 bridgehead atoms. The first-order valence-electron chi connectivity index (χ1n) is 8.57. The number of hydrogen-bond donors (Lipinski definition) is 1. The molecule has 0 saturated heterocycles. The van der Waals surface area contributed by atoms with Crippen LogP contribution >= 0.6 is 23.1 Å². The number of amides is 1. The third kappa shape index (κ3) is 4.39. The number of thiazole rings is 1. The lowest BCUT2D eigenvalue weighted by Crippen LogP contribution is -2.41. The van der Waals surface area contributed by atoms with Crippen LogP contribution in [-0.2, 0) is 5.75 Å². The van der Waals surface area contributed by atoms with Crippen molar-refractivity contribution in [2.24, 2.45) is 5.92 Å². The molecular formula is C19H24N2OS2. The highest BCUT2D eigenvalue weighted by atomic mass is 32.2. The van der Waals surface area contributed by atoms with Gasteiger partial charge in [-0.3, -0.25) is 4.79 Å². The Morgan fingerprint density at radius 1 is 1.33 bits per heavy atom. The van der Waals surface area contributed by atoms with Crippen molar-refractivity contribution in [1.82, 2.24) is 10.3 Å². The van der Waals surface area contributed by atoms with Crippen LogP contribution in [0.25, 0.3) is 0 Å². The number of nitrogens with one attached hydrogen (secondary N) is 1. The summed E-state index contributed by atoms with van der Waals surface area (Å²) in [6.45, 7) is 4.26. The molecule has 3 rings (SSSR count). The molecule has 2 atom stereocenters. The van der Waals surface area contributed by atoms with E-state index in [0.717, 1.165) is 33.3 Å². The van der Waals surface area contributed by atoms with Crippen molar-refractivity contribution in [3.63, 3.8) is 0 Å². The monoisotopic (exact) mass is 360 g/mol. The SMILES string of the molecule is Cc1nc(CSc2ccccc2C(=O)NC2CCCCC2C)cs1. The molecule has 1 heterocycles. The van der Waals surface area contributed by atoms with E-state index in [-0.39, 0.29) is 5.91 Å². The lowest BCUT2D eigenvalue weighted by atomic mass is 9.86. The van der Waals surface area contributed by atoms with Crippen LogP contribution in [0.4, 0.5) is 0 Å². The van der Waals surface area contributed by atoms with Crippen LogP contribution in [0.2, 0.25) is 0 Å². The van der Waals surface area contributed by atoms with Crippen molar-refractivity contribution in [3.8, 4) is 0 Å². The van der Waals surface area contributed by atoms with Gasteiger partial charge in [0.15, 0.2) is 0 Å². The van der Waals surface area contributed by atoms with E-state index in [2.05, 4.69) is 22.6 Å². The number of carbonyl (C=O) groups is 1. The topological polar surface area (TPSA) is 42.0 Å². The molecule has 24 heavy (non-hydrogen) atoms. The number of rotatable bonds is 5. The van der Waals surface area contributed by atoms with Gasteiger partial charge in [0.25, 0.3) is 5.91 Å². The van der Waals surface area contributed by atoms with Crippen molar-refractivity contribution in [2.75, 3.05) is 0 Å². The van der Waals surface area contributed by atoms with E-state index in [1.54, 1.807) is 23.1 Å². The zero-order valence-electron chi connectivity index (χ0n) is 14.2. The first-order chi connectivity index (χ1) is 11.6. The molecule has 1 aliphatic carbocycles. The van der Waals surface area contributed by atoms with Gasteiger partial charge < -0.3 is 5.32 Å². The fraction of sp³-hybridized carbons (Fsp3) is 0.474. The van der Waals surface area contributed by atoms with Crippen LogP contribution in [-0.4, -0.2) is 16.9 Å². The van der Waals surface area contributed by atoms with E-state index in [9.17, 15) is 4.79 Å². The number of carbonyl (C=O) groups excluding carboxylic acids is 1. The van der Waals surface area contributed by atoms with Gasteiger partial charge in [-0.2, -0.15) is 0 Å². The van der Waals surface area contributed by atoms with E-state index in [0.29, 0.717) is 12.0 Å². The van der Waals surface area contributed by atoms with Gasteiger partial charge in [-0.1, -0.05) is 31.9 Å². The molecule has 0 radical (unpaired) electrons. The first-order valence-corrected chi connectivity index (χ1v) is 10.4. The molecule has 5 heteroatoms. The largest absolute Gasteiger partial charge is 0.349 e. The first kappa shape index (κ1) is 17.5. The van der Waals surface area contributed by atoms with Crippen LogP contribution in [0, 0.1) is 12.8 Å². The number of aryl methyl sites for hydroxylation is 1. The molecule has 128 valence electrons. The molecule has 2 unspecified atom stereocenters. The minimum atomic E-state index is 0.0614. The molecule has 1 N–H and O–H groups in total. The molecule has 0 aliphatic heterocycles. The second-order valence-electron chi connectivity index (χ2n) is 6.48. The number of hydrogen-bond acceptors (Lipinski definition) is 4. The predicted molar refractivity (Wildman–Crippen MR) is 102 cm³/mol. The highest BCUT2D eigenvalue weighted by molar-refractivity contribution is 7.98. The summed E-state index contributed by atoms with van der Waals surface area (Å²) in [5.41, 5.74) is 1.87. The van der Waals surface area contributed by atoms with Gasteiger partial charge >= 0.3 is 0 Å². The molecule has 1 saturated carbocycles. The third-order valence-corrected chi connectivity index (χ3v) is 6.53. The third-order valence-electron chi connectivity index (χ3n) is 4.60. The van der Waals surface area contributed by atoms with Crippen molar-refractivity contribution >= 4 is 29.0 Å². The number of aromatic nitrogens is 1. The van der Waals surface area contributed by atoms with Gasteiger partial charge in [0, 0.05) is 22.1 Å². The molecule has 1 aromatic heterocycles. The Balaban J connectivity index is 1.67. The van der Waals surface area contributed by atoms with Crippen molar-refractivity contribution < 1.29 is 4.79 Å². The van der Waals surface area contributed by atoms with Gasteiger partial charge in [-0.25, -0.2) is 4.98 Å². The zero-order valence-corrected chi connectivity index (χ0v) is 15.9. The fourth-order valence-corrected chi connectivity index (χ4v) is 4.84. The van der Waals surface area contributed by atoms with Crippen LogP contribution in [0.5, 0.6) is 0 Å². The average Bonchev–Trinajstić information content (AvgIpc) is 3.01. The van der Waals surface area contributed by atoms with E-state index >= 15 is 0 Å². The summed E-state index contributed by atoms with van der Waals surface area (Å²) in [7, 11) is 0. The summed E-state index contributed by atoms with van der Waals surface area (Å²) >= 11 is 3.36. The van der Waals surface area contributed by atoms with E-state index < -0.39 is 0 Å². The van der Waals surface area contributed by atoms with Gasteiger partial charge in [0.2, 0.25) is 0 Å². The van der Waals surface area contributed by atoms with Crippen molar-refractivity contribution in [1.29, 1.82) is 0 Å². The highest BCUT2D eigenvalue weighted by Crippen LogP contribution is 2.28. The highest BCUT2D eigenvalue weighted by Gasteiger charge is 2.24. The van der Waals surface area contributed by atoms with Crippen LogP contribution in [0.1, 0.15) is 53.7 Å². The summed E-state index contributed by atoms with van der Waals surface area (Å²) < 4.78 is 0. The van der Waals surface area contributed by atoms with Crippen LogP contribution in [0.3, 0.4) is 0 Å². The maximum Gasteiger partial charge on any atom is 0.252 e. The Bertz CT molecular complexity index is 698. The van der Waals surface area contributed by atoms with Crippen LogP contribution in [0.15, 0.2) is 34.5 Å². The number of nitrogens with zero attached hydrogens (tertiary/aromatic N) is 1. The van der Waals surface area contributed by atoms with Gasteiger partial charge in [0.1, 0.15) is 0 Å².